The monoisotopic (exact) mass is 299 g/mol. The van der Waals surface area contributed by atoms with E-state index in [1.165, 1.54) is 23.7 Å². The van der Waals surface area contributed by atoms with E-state index in [2.05, 4.69) is 25.0 Å². The van der Waals surface area contributed by atoms with Gasteiger partial charge in [0.1, 0.15) is 4.90 Å². The molecule has 0 spiro atoms. The molecule has 0 bridgehead atoms. The second-order valence-corrected chi connectivity index (χ2v) is 6.06. The third-order valence-electron chi connectivity index (χ3n) is 2.20. The summed E-state index contributed by atoms with van der Waals surface area (Å²) in [4.78, 5) is 11.9. The second kappa shape index (κ2) is 6.04. The first-order valence-electron chi connectivity index (χ1n) is 5.54. The average Bonchev–Trinajstić information content (AvgIpc) is 2.91. The fourth-order valence-corrected chi connectivity index (χ4v) is 2.73. The summed E-state index contributed by atoms with van der Waals surface area (Å²) >= 11 is 1.41. The molecule has 102 valence electrons. The van der Waals surface area contributed by atoms with Crippen molar-refractivity contribution < 1.29 is 8.42 Å². The van der Waals surface area contributed by atoms with Crippen molar-refractivity contribution in [3.8, 4) is 0 Å². The zero-order valence-electron chi connectivity index (χ0n) is 10.2. The van der Waals surface area contributed by atoms with Crippen molar-refractivity contribution in [3.63, 3.8) is 0 Å². The van der Waals surface area contributed by atoms with Crippen LogP contribution >= 0.6 is 11.3 Å². The molecule has 7 nitrogen and oxygen atoms in total. The minimum atomic E-state index is -3.61. The fraction of sp³-hybridized carbons (Fsp3) is 0.300. The topological polar surface area (TPSA) is 96.9 Å². The van der Waals surface area contributed by atoms with Gasteiger partial charge in [0.05, 0.1) is 30.1 Å². The smallest absolute Gasteiger partial charge is 0.244 e. The van der Waals surface area contributed by atoms with Crippen LogP contribution in [0.3, 0.4) is 0 Å². The normalized spacial score (nSPS) is 11.4. The maximum absolute atomic E-state index is 12.0. The third kappa shape index (κ3) is 3.69. The Bertz CT molecular complexity index is 610. The van der Waals surface area contributed by atoms with Gasteiger partial charge in [0, 0.05) is 11.9 Å². The lowest BCUT2D eigenvalue weighted by Gasteiger charge is -2.05. The summed E-state index contributed by atoms with van der Waals surface area (Å²) in [6.07, 6.45) is 2.54. The van der Waals surface area contributed by atoms with Gasteiger partial charge < -0.3 is 5.32 Å². The van der Waals surface area contributed by atoms with Crippen LogP contribution < -0.4 is 10.0 Å². The Morgan fingerprint density at radius 3 is 2.58 bits per heavy atom. The zero-order chi connectivity index (χ0) is 13.7. The first-order chi connectivity index (χ1) is 9.12. The fourth-order valence-electron chi connectivity index (χ4n) is 1.28. The van der Waals surface area contributed by atoms with Crippen molar-refractivity contribution in [1.82, 2.24) is 19.7 Å². The minimum absolute atomic E-state index is 0.0318. The first kappa shape index (κ1) is 13.8. The quantitative estimate of drug-likeness (QED) is 0.820. The molecule has 2 heterocycles. The number of thiazole rings is 1. The molecule has 0 unspecified atom stereocenters. The van der Waals surface area contributed by atoms with Gasteiger partial charge in [-0.25, -0.2) is 28.1 Å². The second-order valence-electron chi connectivity index (χ2n) is 3.58. The van der Waals surface area contributed by atoms with Crippen molar-refractivity contribution in [2.75, 3.05) is 11.9 Å². The van der Waals surface area contributed by atoms with Gasteiger partial charge in [-0.05, 0) is 6.92 Å². The minimum Gasteiger partial charge on any atom is -0.355 e. The highest BCUT2D eigenvalue weighted by atomic mass is 32.2. The van der Waals surface area contributed by atoms with Crippen molar-refractivity contribution in [2.24, 2.45) is 0 Å². The Morgan fingerprint density at radius 2 is 2.00 bits per heavy atom. The van der Waals surface area contributed by atoms with Crippen LogP contribution in [0.4, 0.5) is 5.95 Å². The Hall–Kier alpha value is -1.58. The summed E-state index contributed by atoms with van der Waals surface area (Å²) in [7, 11) is -3.61. The molecule has 19 heavy (non-hydrogen) atoms. The summed E-state index contributed by atoms with van der Waals surface area (Å²) in [5.41, 5.74) is 2.33. The van der Waals surface area contributed by atoms with Gasteiger partial charge in [-0.3, -0.25) is 0 Å². The number of nitrogens with one attached hydrogen (secondary N) is 2. The lowest BCUT2D eigenvalue weighted by molar-refractivity contribution is 0.579. The molecule has 2 rings (SSSR count). The van der Waals surface area contributed by atoms with E-state index in [1.807, 2.05) is 6.92 Å². The Morgan fingerprint density at radius 1 is 1.26 bits per heavy atom. The van der Waals surface area contributed by atoms with E-state index in [-0.39, 0.29) is 11.4 Å². The van der Waals surface area contributed by atoms with Crippen LogP contribution in [0.25, 0.3) is 0 Å². The highest BCUT2D eigenvalue weighted by Gasteiger charge is 2.15. The van der Waals surface area contributed by atoms with Crippen LogP contribution in [0, 0.1) is 0 Å². The number of aromatic nitrogens is 3. The molecule has 2 aromatic rings. The van der Waals surface area contributed by atoms with E-state index < -0.39 is 10.0 Å². The number of hydrogen-bond donors (Lipinski definition) is 2. The predicted octanol–water partition coefficient (Wildman–Crippen LogP) is 0.843. The molecule has 0 fully saturated rings. The number of nitrogens with zero attached hydrogens (tertiary/aromatic N) is 3. The molecule has 0 amide bonds. The van der Waals surface area contributed by atoms with Gasteiger partial charge in [-0.1, -0.05) is 0 Å². The molecule has 0 aliphatic rings. The van der Waals surface area contributed by atoms with Gasteiger partial charge in [-0.2, -0.15) is 0 Å². The van der Waals surface area contributed by atoms with E-state index in [0.29, 0.717) is 18.2 Å². The molecule has 0 aromatic carbocycles. The third-order valence-corrected chi connectivity index (χ3v) is 4.19. The van der Waals surface area contributed by atoms with Crippen LogP contribution in [-0.4, -0.2) is 29.9 Å². The molecule has 9 heteroatoms. The van der Waals surface area contributed by atoms with Crippen LogP contribution in [0.5, 0.6) is 0 Å². The van der Waals surface area contributed by atoms with E-state index >= 15 is 0 Å². The highest BCUT2D eigenvalue weighted by molar-refractivity contribution is 7.89. The molecular formula is C10H13N5O2S2. The van der Waals surface area contributed by atoms with Crippen LogP contribution in [0.15, 0.2) is 28.2 Å². The number of sulfonamides is 1. The van der Waals surface area contributed by atoms with E-state index in [9.17, 15) is 8.42 Å². The molecule has 2 N–H and O–H groups in total. The van der Waals surface area contributed by atoms with Crippen molar-refractivity contribution in [3.05, 3.63) is 29.0 Å². The van der Waals surface area contributed by atoms with Crippen LogP contribution in [-0.2, 0) is 16.6 Å². The van der Waals surface area contributed by atoms with E-state index in [4.69, 9.17) is 0 Å². The first-order valence-corrected chi connectivity index (χ1v) is 7.97. The summed E-state index contributed by atoms with van der Waals surface area (Å²) < 4.78 is 26.4. The highest BCUT2D eigenvalue weighted by Crippen LogP contribution is 2.08. The molecule has 0 atom stereocenters. The Kier molecular flexibility index (Phi) is 4.40. The van der Waals surface area contributed by atoms with Crippen molar-refractivity contribution in [1.29, 1.82) is 0 Å². The van der Waals surface area contributed by atoms with Crippen molar-refractivity contribution in [2.45, 2.75) is 18.4 Å². The summed E-state index contributed by atoms with van der Waals surface area (Å²) in [6.45, 7) is 2.73. The van der Waals surface area contributed by atoms with Crippen LogP contribution in [0.2, 0.25) is 0 Å². The Labute approximate surface area is 115 Å². The lowest BCUT2D eigenvalue weighted by Crippen LogP contribution is -2.23. The van der Waals surface area contributed by atoms with E-state index in [1.54, 1.807) is 10.9 Å². The summed E-state index contributed by atoms with van der Waals surface area (Å²) in [5, 5.41) is 4.68. The molecular weight excluding hydrogens is 286 g/mol. The molecule has 0 aliphatic carbocycles. The molecule has 0 saturated heterocycles. The molecule has 0 saturated carbocycles. The van der Waals surface area contributed by atoms with Gasteiger partial charge in [0.15, 0.2) is 0 Å². The van der Waals surface area contributed by atoms with Crippen LogP contribution in [0.1, 0.15) is 12.6 Å². The summed E-state index contributed by atoms with van der Waals surface area (Å²) in [5.74, 6) is 0.404. The summed E-state index contributed by atoms with van der Waals surface area (Å²) in [6, 6.07) is 0. The van der Waals surface area contributed by atoms with Gasteiger partial charge in [-0.15, -0.1) is 11.3 Å². The lowest BCUT2D eigenvalue weighted by atomic mass is 10.5. The van der Waals surface area contributed by atoms with Crippen molar-refractivity contribution >= 4 is 27.3 Å². The largest absolute Gasteiger partial charge is 0.355 e. The SMILES string of the molecule is CCNc1ncc(S(=O)(=O)NCc2cscn2)cn1. The maximum Gasteiger partial charge on any atom is 0.244 e. The maximum atomic E-state index is 12.0. The van der Waals surface area contributed by atoms with Gasteiger partial charge in [0.2, 0.25) is 16.0 Å². The number of hydrogen-bond acceptors (Lipinski definition) is 7. The molecule has 2 aromatic heterocycles. The average molecular weight is 299 g/mol. The Balaban J connectivity index is 2.06. The zero-order valence-corrected chi connectivity index (χ0v) is 11.8. The standard InChI is InChI=1S/C10H13N5O2S2/c1-2-11-10-12-4-9(5-13-10)19(16,17)15-3-8-6-18-7-14-8/h4-7,15H,2-3H2,1H3,(H,11,12,13). The molecule has 0 radical (unpaired) electrons. The number of anilines is 1. The van der Waals surface area contributed by atoms with Gasteiger partial charge >= 0.3 is 0 Å². The molecule has 0 aliphatic heterocycles. The van der Waals surface area contributed by atoms with Gasteiger partial charge in [0.25, 0.3) is 0 Å². The predicted molar refractivity (Wildman–Crippen MR) is 72.3 cm³/mol. The van der Waals surface area contributed by atoms with E-state index in [0.717, 1.165) is 0 Å². The number of rotatable bonds is 6.